The Labute approximate surface area is 134 Å². The van der Waals surface area contributed by atoms with Gasteiger partial charge >= 0.3 is 5.97 Å². The molecule has 4 heteroatoms. The van der Waals surface area contributed by atoms with Crippen LogP contribution in [0.25, 0.3) is 10.8 Å². The summed E-state index contributed by atoms with van der Waals surface area (Å²) in [7, 11) is 0. The average Bonchev–Trinajstić information content (AvgIpc) is 2.61. The maximum absolute atomic E-state index is 11.8. The molecular weight excluding hydrogens is 288 g/mol. The van der Waals surface area contributed by atoms with Crippen LogP contribution in [0.4, 0.5) is 0 Å². The molecule has 2 N–H and O–H groups in total. The minimum absolute atomic E-state index is 0.255. The Morgan fingerprint density at radius 3 is 2.43 bits per heavy atom. The molecule has 3 rings (SSSR count). The number of fused-ring (bicyclic) bond motifs is 1. The monoisotopic (exact) mass is 304 g/mol. The molecule has 0 aliphatic carbocycles. The highest BCUT2D eigenvalue weighted by molar-refractivity contribution is 5.93. The summed E-state index contributed by atoms with van der Waals surface area (Å²) in [5.41, 5.74) is 7.38. The Bertz CT molecular complexity index is 852. The molecule has 0 spiro atoms. The van der Waals surface area contributed by atoms with Crippen LogP contribution in [0, 0.1) is 0 Å². The fourth-order valence-electron chi connectivity index (χ4n) is 2.40. The number of nitrogens with zero attached hydrogens (tertiary/aromatic N) is 1. The first kappa shape index (κ1) is 14.8. The van der Waals surface area contributed by atoms with Crippen molar-refractivity contribution in [1.29, 1.82) is 0 Å². The largest absolute Gasteiger partial charge is 0.384 e. The maximum Gasteiger partial charge on any atom is 0.365 e. The molecule has 0 aliphatic rings. The Hall–Kier alpha value is -3.14. The summed E-state index contributed by atoms with van der Waals surface area (Å²) in [6, 6.07) is 22.7. The van der Waals surface area contributed by atoms with Crippen molar-refractivity contribution in [3.63, 3.8) is 0 Å². The van der Waals surface area contributed by atoms with Crippen molar-refractivity contribution < 1.29 is 9.63 Å². The number of hydrogen-bond acceptors (Lipinski definition) is 3. The summed E-state index contributed by atoms with van der Waals surface area (Å²) in [6.45, 7) is 0. The first-order valence-electron chi connectivity index (χ1n) is 7.29. The summed E-state index contributed by atoms with van der Waals surface area (Å²) in [4.78, 5) is 16.7. The van der Waals surface area contributed by atoms with Gasteiger partial charge < -0.3 is 10.6 Å². The van der Waals surface area contributed by atoms with Gasteiger partial charge in [-0.3, -0.25) is 0 Å². The highest BCUT2D eigenvalue weighted by Gasteiger charge is 2.07. The quantitative estimate of drug-likeness (QED) is 0.347. The molecule has 0 bridgehead atoms. The molecule has 0 radical (unpaired) electrons. The molecule has 0 saturated carbocycles. The van der Waals surface area contributed by atoms with Gasteiger partial charge in [0.25, 0.3) is 0 Å². The fourth-order valence-corrected chi connectivity index (χ4v) is 2.40. The highest BCUT2D eigenvalue weighted by atomic mass is 16.7. The van der Waals surface area contributed by atoms with Crippen LogP contribution in [0.5, 0.6) is 0 Å². The molecule has 0 amide bonds. The molecule has 3 aromatic carbocycles. The summed E-state index contributed by atoms with van der Waals surface area (Å²) in [6.07, 6.45) is 0.420. The molecule has 0 heterocycles. The minimum atomic E-state index is -0.522. The van der Waals surface area contributed by atoms with Gasteiger partial charge in [-0.1, -0.05) is 65.8 Å². The van der Waals surface area contributed by atoms with Crippen molar-refractivity contribution in [1.82, 2.24) is 0 Å². The van der Waals surface area contributed by atoms with Crippen molar-refractivity contribution in [2.45, 2.75) is 6.42 Å². The highest BCUT2D eigenvalue weighted by Crippen LogP contribution is 2.18. The molecule has 0 aliphatic heterocycles. The van der Waals surface area contributed by atoms with E-state index in [1.165, 1.54) is 0 Å². The molecular formula is C19H16N2O2. The van der Waals surface area contributed by atoms with Gasteiger partial charge in [0, 0.05) is 6.42 Å². The summed E-state index contributed by atoms with van der Waals surface area (Å²) in [5.74, 6) is -0.267. The van der Waals surface area contributed by atoms with E-state index in [9.17, 15) is 4.79 Å². The van der Waals surface area contributed by atoms with E-state index in [0.717, 1.165) is 16.3 Å². The standard InChI is InChI=1S/C19H16N2O2/c20-18(21-23-19(22)15-8-2-1-3-9-15)13-16-11-6-10-14-7-4-5-12-17(14)16/h1-12H,13H2,(H2,20,21). The van der Waals surface area contributed by atoms with Crippen LogP contribution < -0.4 is 5.73 Å². The molecule has 4 nitrogen and oxygen atoms in total. The van der Waals surface area contributed by atoms with Crippen molar-refractivity contribution in [3.05, 3.63) is 83.9 Å². The second-order valence-corrected chi connectivity index (χ2v) is 5.14. The molecule has 3 aromatic rings. The second-order valence-electron chi connectivity index (χ2n) is 5.14. The van der Waals surface area contributed by atoms with Gasteiger partial charge in [-0.05, 0) is 28.5 Å². The summed E-state index contributed by atoms with van der Waals surface area (Å²) >= 11 is 0. The van der Waals surface area contributed by atoms with Crippen LogP contribution >= 0.6 is 0 Å². The lowest BCUT2D eigenvalue weighted by Crippen LogP contribution is -2.17. The van der Waals surface area contributed by atoms with E-state index in [1.807, 2.05) is 48.5 Å². The zero-order chi connectivity index (χ0) is 16.1. The van der Waals surface area contributed by atoms with Gasteiger partial charge in [0.2, 0.25) is 0 Å². The van der Waals surface area contributed by atoms with E-state index in [-0.39, 0.29) is 5.84 Å². The number of oxime groups is 1. The zero-order valence-electron chi connectivity index (χ0n) is 12.5. The van der Waals surface area contributed by atoms with E-state index in [2.05, 4.69) is 5.16 Å². The minimum Gasteiger partial charge on any atom is -0.384 e. The maximum atomic E-state index is 11.8. The van der Waals surface area contributed by atoms with Crippen LogP contribution in [-0.2, 0) is 11.3 Å². The van der Waals surface area contributed by atoms with Gasteiger partial charge in [-0.15, -0.1) is 0 Å². The Kier molecular flexibility index (Phi) is 4.34. The van der Waals surface area contributed by atoms with E-state index in [1.54, 1.807) is 24.3 Å². The van der Waals surface area contributed by atoms with Crippen LogP contribution in [0.3, 0.4) is 0 Å². The van der Waals surface area contributed by atoms with Gasteiger partial charge in [0.05, 0.1) is 5.56 Å². The first-order chi connectivity index (χ1) is 11.2. The summed E-state index contributed by atoms with van der Waals surface area (Å²) < 4.78 is 0. The van der Waals surface area contributed by atoms with Crippen LogP contribution in [0.15, 0.2) is 78.0 Å². The van der Waals surface area contributed by atoms with Crippen LogP contribution in [0.2, 0.25) is 0 Å². The first-order valence-corrected chi connectivity index (χ1v) is 7.29. The lowest BCUT2D eigenvalue weighted by Gasteiger charge is -2.06. The number of carbonyl (C=O) groups excluding carboxylic acids is 1. The molecule has 0 unspecified atom stereocenters. The topological polar surface area (TPSA) is 64.7 Å². The SMILES string of the molecule is N/C(Cc1cccc2ccccc12)=N\OC(=O)c1ccccc1. The van der Waals surface area contributed by atoms with E-state index >= 15 is 0 Å². The molecule has 114 valence electrons. The normalized spacial score (nSPS) is 11.4. The van der Waals surface area contributed by atoms with Gasteiger partial charge in [0.15, 0.2) is 0 Å². The number of carbonyl (C=O) groups is 1. The number of benzene rings is 3. The van der Waals surface area contributed by atoms with Gasteiger partial charge in [-0.2, -0.15) is 0 Å². The van der Waals surface area contributed by atoms with Crippen molar-refractivity contribution in [2.24, 2.45) is 10.9 Å². The fraction of sp³-hybridized carbons (Fsp3) is 0.0526. The lowest BCUT2D eigenvalue weighted by molar-refractivity contribution is 0.0515. The smallest absolute Gasteiger partial charge is 0.365 e. The molecule has 0 saturated heterocycles. The molecule has 23 heavy (non-hydrogen) atoms. The van der Waals surface area contributed by atoms with Crippen molar-refractivity contribution >= 4 is 22.6 Å². The zero-order valence-corrected chi connectivity index (χ0v) is 12.5. The Morgan fingerprint density at radius 1 is 0.913 bits per heavy atom. The number of rotatable bonds is 4. The Balaban J connectivity index is 1.73. The van der Waals surface area contributed by atoms with Crippen molar-refractivity contribution in [3.8, 4) is 0 Å². The molecule has 0 atom stereocenters. The lowest BCUT2D eigenvalue weighted by atomic mass is 10.0. The average molecular weight is 304 g/mol. The van der Waals surface area contributed by atoms with E-state index in [4.69, 9.17) is 10.6 Å². The Morgan fingerprint density at radius 2 is 1.61 bits per heavy atom. The molecule has 0 aromatic heterocycles. The third-order valence-corrected chi connectivity index (χ3v) is 3.51. The predicted molar refractivity (Wildman–Crippen MR) is 91.1 cm³/mol. The van der Waals surface area contributed by atoms with E-state index < -0.39 is 5.97 Å². The predicted octanol–water partition coefficient (Wildman–Crippen LogP) is 3.51. The molecule has 0 fully saturated rings. The third kappa shape index (κ3) is 3.55. The summed E-state index contributed by atoms with van der Waals surface area (Å²) in [5, 5.41) is 6.00. The van der Waals surface area contributed by atoms with Crippen LogP contribution in [-0.4, -0.2) is 11.8 Å². The number of amidine groups is 1. The van der Waals surface area contributed by atoms with Gasteiger partial charge in [-0.25, -0.2) is 4.79 Å². The van der Waals surface area contributed by atoms with Gasteiger partial charge in [0.1, 0.15) is 5.84 Å². The number of hydrogen-bond donors (Lipinski definition) is 1. The number of nitrogens with two attached hydrogens (primary N) is 1. The van der Waals surface area contributed by atoms with E-state index in [0.29, 0.717) is 12.0 Å². The van der Waals surface area contributed by atoms with Crippen LogP contribution in [0.1, 0.15) is 15.9 Å². The third-order valence-electron chi connectivity index (χ3n) is 3.51. The van der Waals surface area contributed by atoms with Crippen molar-refractivity contribution in [2.75, 3.05) is 0 Å². The second kappa shape index (κ2) is 6.75.